The van der Waals surface area contributed by atoms with Crippen molar-refractivity contribution in [3.63, 3.8) is 0 Å². The lowest BCUT2D eigenvalue weighted by Crippen LogP contribution is -1.97. The topological polar surface area (TPSA) is 17.8 Å². The Kier molecular flexibility index (Phi) is 2.99. The maximum Gasteiger partial charge on any atom is 0.0991 e. The molecule has 0 saturated heterocycles. The number of aryl methyl sites for hydroxylation is 1. The second kappa shape index (κ2) is 4.42. The molecule has 0 saturated carbocycles. The predicted molar refractivity (Wildman–Crippen MR) is 61.1 cm³/mol. The van der Waals surface area contributed by atoms with Crippen molar-refractivity contribution in [2.24, 2.45) is 0 Å². The van der Waals surface area contributed by atoms with Gasteiger partial charge in [-0.3, -0.25) is 0 Å². The summed E-state index contributed by atoms with van der Waals surface area (Å²) in [6.07, 6.45) is 6.62. The van der Waals surface area contributed by atoms with Crippen molar-refractivity contribution in [3.05, 3.63) is 48.5 Å². The first-order valence-corrected chi connectivity index (χ1v) is 5.66. The summed E-state index contributed by atoms with van der Waals surface area (Å²) in [5.41, 5.74) is 2.55. The molecule has 0 unspecified atom stereocenters. The van der Waals surface area contributed by atoms with Crippen molar-refractivity contribution in [1.29, 1.82) is 0 Å². The third kappa shape index (κ3) is 1.87. The largest absolute Gasteiger partial charge is 0.306 e. The maximum atomic E-state index is 4.05. The van der Waals surface area contributed by atoms with Crippen LogP contribution in [0, 0.1) is 0 Å². The Morgan fingerprint density at radius 2 is 2.14 bits per heavy atom. The van der Waals surface area contributed by atoms with Crippen LogP contribution in [-0.2, 0) is 6.42 Å². The molecular formula is C11H11BrN2. The number of alkyl halides is 1. The average Bonchev–Trinajstić information content (AvgIpc) is 2.72. The van der Waals surface area contributed by atoms with Crippen LogP contribution in [0.3, 0.4) is 0 Å². The van der Waals surface area contributed by atoms with E-state index >= 15 is 0 Å². The van der Waals surface area contributed by atoms with E-state index in [2.05, 4.69) is 39.1 Å². The van der Waals surface area contributed by atoms with Crippen LogP contribution in [0.2, 0.25) is 0 Å². The van der Waals surface area contributed by atoms with Gasteiger partial charge in [0.1, 0.15) is 0 Å². The van der Waals surface area contributed by atoms with Gasteiger partial charge in [0, 0.05) is 23.4 Å². The van der Waals surface area contributed by atoms with E-state index in [1.807, 2.05) is 23.2 Å². The van der Waals surface area contributed by atoms with Crippen molar-refractivity contribution >= 4 is 15.9 Å². The number of para-hydroxylation sites is 1. The first-order chi connectivity index (χ1) is 6.92. The molecule has 0 bridgehead atoms. The number of hydrogen-bond acceptors (Lipinski definition) is 1. The lowest BCUT2D eigenvalue weighted by molar-refractivity contribution is 1.01. The molecule has 2 rings (SSSR count). The molecule has 0 radical (unpaired) electrons. The lowest BCUT2D eigenvalue weighted by atomic mass is 10.1. The van der Waals surface area contributed by atoms with E-state index in [1.165, 1.54) is 11.3 Å². The van der Waals surface area contributed by atoms with E-state index in [0.717, 1.165) is 11.8 Å². The van der Waals surface area contributed by atoms with Gasteiger partial charge in [-0.25, -0.2) is 4.98 Å². The van der Waals surface area contributed by atoms with Gasteiger partial charge >= 0.3 is 0 Å². The third-order valence-electron chi connectivity index (χ3n) is 2.14. The molecule has 0 fully saturated rings. The molecular weight excluding hydrogens is 240 g/mol. The van der Waals surface area contributed by atoms with E-state index in [1.54, 1.807) is 6.20 Å². The van der Waals surface area contributed by atoms with Crippen LogP contribution in [0.5, 0.6) is 0 Å². The van der Waals surface area contributed by atoms with E-state index in [0.29, 0.717) is 0 Å². The Balaban J connectivity index is 2.42. The van der Waals surface area contributed by atoms with Gasteiger partial charge in [0.05, 0.1) is 6.33 Å². The SMILES string of the molecule is BrCCc1ccccc1-n1ccnc1. The van der Waals surface area contributed by atoms with Crippen LogP contribution in [0.25, 0.3) is 5.69 Å². The molecule has 72 valence electrons. The molecule has 2 nitrogen and oxygen atoms in total. The monoisotopic (exact) mass is 250 g/mol. The smallest absolute Gasteiger partial charge is 0.0991 e. The van der Waals surface area contributed by atoms with Crippen LogP contribution >= 0.6 is 15.9 Å². The molecule has 0 aliphatic carbocycles. The van der Waals surface area contributed by atoms with Gasteiger partial charge < -0.3 is 4.57 Å². The number of halogens is 1. The number of nitrogens with zero attached hydrogens (tertiary/aromatic N) is 2. The summed E-state index contributed by atoms with van der Waals surface area (Å²) < 4.78 is 2.04. The van der Waals surface area contributed by atoms with Crippen LogP contribution in [0.1, 0.15) is 5.56 Å². The molecule has 14 heavy (non-hydrogen) atoms. The summed E-state index contributed by atoms with van der Waals surface area (Å²) in [7, 11) is 0. The normalized spacial score (nSPS) is 10.4. The molecule has 3 heteroatoms. The zero-order valence-corrected chi connectivity index (χ0v) is 9.31. The van der Waals surface area contributed by atoms with Crippen molar-refractivity contribution in [2.75, 3.05) is 5.33 Å². The summed E-state index contributed by atoms with van der Waals surface area (Å²) in [4.78, 5) is 4.05. The van der Waals surface area contributed by atoms with Crippen LogP contribution < -0.4 is 0 Å². The molecule has 0 aliphatic rings. The van der Waals surface area contributed by atoms with E-state index in [9.17, 15) is 0 Å². The van der Waals surface area contributed by atoms with Gasteiger partial charge in [-0.1, -0.05) is 34.1 Å². The number of hydrogen-bond donors (Lipinski definition) is 0. The Hall–Kier alpha value is -1.09. The molecule has 1 aromatic carbocycles. The minimum atomic E-state index is 0.985. The quantitative estimate of drug-likeness (QED) is 0.767. The van der Waals surface area contributed by atoms with Gasteiger partial charge in [-0.15, -0.1) is 0 Å². The standard InChI is InChI=1S/C11H11BrN2/c12-6-5-10-3-1-2-4-11(10)14-8-7-13-9-14/h1-4,7-9H,5-6H2. The second-order valence-corrected chi connectivity index (χ2v) is 3.83. The van der Waals surface area contributed by atoms with Crippen LogP contribution in [0.4, 0.5) is 0 Å². The van der Waals surface area contributed by atoms with Crippen LogP contribution in [0.15, 0.2) is 43.0 Å². The Morgan fingerprint density at radius 3 is 2.86 bits per heavy atom. The van der Waals surface area contributed by atoms with E-state index in [4.69, 9.17) is 0 Å². The molecule has 1 heterocycles. The lowest BCUT2D eigenvalue weighted by Gasteiger charge is -2.08. The summed E-state index contributed by atoms with van der Waals surface area (Å²) in [6, 6.07) is 8.38. The highest BCUT2D eigenvalue weighted by atomic mass is 79.9. The summed E-state index contributed by atoms with van der Waals surface area (Å²) in [6.45, 7) is 0. The molecule has 0 amide bonds. The van der Waals surface area contributed by atoms with Crippen molar-refractivity contribution < 1.29 is 0 Å². The average molecular weight is 251 g/mol. The van der Waals surface area contributed by atoms with Crippen molar-refractivity contribution in [1.82, 2.24) is 9.55 Å². The zero-order valence-electron chi connectivity index (χ0n) is 7.73. The highest BCUT2D eigenvalue weighted by molar-refractivity contribution is 9.09. The number of aromatic nitrogens is 2. The summed E-state index contributed by atoms with van der Waals surface area (Å²) >= 11 is 3.46. The third-order valence-corrected chi connectivity index (χ3v) is 2.53. The highest BCUT2D eigenvalue weighted by Gasteiger charge is 2.01. The van der Waals surface area contributed by atoms with E-state index in [-0.39, 0.29) is 0 Å². The molecule has 0 aliphatic heterocycles. The first kappa shape index (κ1) is 9.46. The van der Waals surface area contributed by atoms with E-state index < -0.39 is 0 Å². The van der Waals surface area contributed by atoms with Crippen molar-refractivity contribution in [3.8, 4) is 5.69 Å². The number of benzene rings is 1. The zero-order chi connectivity index (χ0) is 9.80. The minimum Gasteiger partial charge on any atom is -0.306 e. The first-order valence-electron chi connectivity index (χ1n) is 4.54. The molecule has 2 aromatic rings. The van der Waals surface area contributed by atoms with Gasteiger partial charge in [0.2, 0.25) is 0 Å². The summed E-state index contributed by atoms with van der Waals surface area (Å²) in [5.74, 6) is 0. The summed E-state index contributed by atoms with van der Waals surface area (Å²) in [5, 5.41) is 0.985. The van der Waals surface area contributed by atoms with Gasteiger partial charge in [-0.05, 0) is 18.1 Å². The minimum absolute atomic E-state index is 0.985. The molecule has 0 N–H and O–H groups in total. The Morgan fingerprint density at radius 1 is 1.29 bits per heavy atom. The highest BCUT2D eigenvalue weighted by Crippen LogP contribution is 2.15. The fraction of sp³-hybridized carbons (Fsp3) is 0.182. The fourth-order valence-electron chi connectivity index (χ4n) is 1.48. The Labute approximate surface area is 91.7 Å². The van der Waals surface area contributed by atoms with Crippen LogP contribution in [-0.4, -0.2) is 14.9 Å². The molecule has 1 aromatic heterocycles. The second-order valence-electron chi connectivity index (χ2n) is 3.04. The predicted octanol–water partition coefficient (Wildman–Crippen LogP) is 2.81. The van der Waals surface area contributed by atoms with Gasteiger partial charge in [-0.2, -0.15) is 0 Å². The van der Waals surface area contributed by atoms with Crippen molar-refractivity contribution in [2.45, 2.75) is 6.42 Å². The van der Waals surface area contributed by atoms with Gasteiger partial charge in [0.25, 0.3) is 0 Å². The Bertz CT molecular complexity index is 395. The fourth-order valence-corrected chi connectivity index (χ4v) is 1.90. The molecule has 0 atom stereocenters. The number of rotatable bonds is 3. The van der Waals surface area contributed by atoms with Gasteiger partial charge in [0.15, 0.2) is 0 Å². The molecule has 0 spiro atoms. The maximum absolute atomic E-state index is 4.05. The number of imidazole rings is 1.